The normalized spacial score (nSPS) is 12.7. The highest BCUT2D eigenvalue weighted by Gasteiger charge is 2.35. The van der Waals surface area contributed by atoms with E-state index in [4.69, 9.17) is 15.3 Å². The quantitative estimate of drug-likeness (QED) is 0.600. The molecule has 0 aliphatic heterocycles. The Labute approximate surface area is 113 Å². The zero-order chi connectivity index (χ0) is 14.6. The predicted molar refractivity (Wildman–Crippen MR) is 65.3 cm³/mol. The van der Waals surface area contributed by atoms with Gasteiger partial charge in [-0.25, -0.2) is 14.4 Å². The van der Waals surface area contributed by atoms with Gasteiger partial charge in [0.2, 0.25) is 6.10 Å². The van der Waals surface area contributed by atoms with Crippen LogP contribution in [0.2, 0.25) is 0 Å². The van der Waals surface area contributed by atoms with Crippen molar-refractivity contribution in [2.75, 3.05) is 0 Å². The van der Waals surface area contributed by atoms with Gasteiger partial charge in [-0.05, 0) is 19.1 Å². The number of carbonyl (C=O) groups excluding carboxylic acids is 1. The maximum Gasteiger partial charge on any atom is 0.348 e. The summed E-state index contributed by atoms with van der Waals surface area (Å²) in [6.07, 6.45) is -4.49. The molecule has 0 bridgehead atoms. The molecule has 110 valence electrons. The summed E-state index contributed by atoms with van der Waals surface area (Å²) in [5.74, 6) is -4.55. The molecule has 20 heavy (non-hydrogen) atoms. The first-order valence-electron chi connectivity index (χ1n) is 5.24. The molecule has 0 heterocycles. The van der Waals surface area contributed by atoms with Gasteiger partial charge in [-0.3, -0.25) is 0 Å². The Morgan fingerprint density at radius 2 is 1.55 bits per heavy atom. The van der Waals surface area contributed by atoms with Crippen LogP contribution < -0.4 is 0 Å². The molecule has 0 aliphatic carbocycles. The van der Waals surface area contributed by atoms with E-state index in [2.05, 4.69) is 4.74 Å². The third-order valence-corrected chi connectivity index (χ3v) is 2.30. The lowest BCUT2D eigenvalue weighted by molar-refractivity contribution is -0.166. The van der Waals surface area contributed by atoms with E-state index >= 15 is 0 Å². The highest BCUT2D eigenvalue weighted by Crippen LogP contribution is 2.09. The lowest BCUT2D eigenvalue weighted by Crippen LogP contribution is -2.43. The van der Waals surface area contributed by atoms with Crippen LogP contribution in [0.1, 0.15) is 15.9 Å². The Morgan fingerprint density at radius 1 is 1.05 bits per heavy atom. The van der Waals surface area contributed by atoms with Crippen LogP contribution in [0.4, 0.5) is 0 Å². The van der Waals surface area contributed by atoms with Crippen LogP contribution in [-0.2, 0) is 14.3 Å². The fourth-order valence-corrected chi connectivity index (χ4v) is 1.25. The Morgan fingerprint density at radius 3 is 1.95 bits per heavy atom. The number of esters is 1. The van der Waals surface area contributed by atoms with Crippen molar-refractivity contribution < 1.29 is 39.9 Å². The number of benzene rings is 1. The van der Waals surface area contributed by atoms with E-state index in [0.717, 1.165) is 5.56 Å². The van der Waals surface area contributed by atoms with Gasteiger partial charge in [0, 0.05) is 0 Å². The minimum atomic E-state index is -2.33. The molecule has 0 spiro atoms. The predicted octanol–water partition coefficient (Wildman–Crippen LogP) is -0.774. The number of ether oxygens (including phenoxy) is 1. The number of carboxylic acids is 2. The molecule has 0 saturated carbocycles. The summed E-state index contributed by atoms with van der Waals surface area (Å²) in [4.78, 5) is 32.9. The van der Waals surface area contributed by atoms with Gasteiger partial charge in [0.05, 0.1) is 5.56 Å². The van der Waals surface area contributed by atoms with Crippen molar-refractivity contribution >= 4 is 17.9 Å². The molecule has 0 aliphatic rings. The summed E-state index contributed by atoms with van der Waals surface area (Å²) in [6.45, 7) is 1.79. The van der Waals surface area contributed by atoms with Gasteiger partial charge in [0.25, 0.3) is 0 Å². The second-order valence-corrected chi connectivity index (χ2v) is 3.81. The topological polar surface area (TPSA) is 153 Å². The molecule has 1 aromatic carbocycles. The van der Waals surface area contributed by atoms with E-state index in [0.29, 0.717) is 0 Å². The highest BCUT2D eigenvalue weighted by atomic mass is 16.6. The summed E-state index contributed by atoms with van der Waals surface area (Å²) in [7, 11) is 0. The summed E-state index contributed by atoms with van der Waals surface area (Å²) >= 11 is 0. The SMILES string of the molecule is Cc1ccc(C(=O)OC(C(=O)O)C(O)C(=O)O)cc1.O. The van der Waals surface area contributed by atoms with Crippen LogP contribution in [0.15, 0.2) is 24.3 Å². The fraction of sp³-hybridized carbons (Fsp3) is 0.250. The zero-order valence-corrected chi connectivity index (χ0v) is 10.4. The summed E-state index contributed by atoms with van der Waals surface area (Å²) in [5, 5.41) is 26.4. The number of aryl methyl sites for hydroxylation is 1. The van der Waals surface area contributed by atoms with E-state index in [1.807, 2.05) is 0 Å². The largest absolute Gasteiger partial charge is 0.479 e. The minimum absolute atomic E-state index is 0. The molecule has 0 amide bonds. The van der Waals surface area contributed by atoms with Crippen LogP contribution in [0.25, 0.3) is 0 Å². The average molecular weight is 286 g/mol. The molecule has 8 heteroatoms. The zero-order valence-electron chi connectivity index (χ0n) is 10.4. The lowest BCUT2D eigenvalue weighted by Gasteiger charge is -2.16. The van der Waals surface area contributed by atoms with Crippen molar-refractivity contribution in [2.24, 2.45) is 0 Å². The van der Waals surface area contributed by atoms with Gasteiger partial charge >= 0.3 is 17.9 Å². The number of aliphatic hydroxyl groups is 1. The standard InChI is InChI=1S/C12H12O7.H2O/c1-6-2-4-7(5-3-6)12(18)19-9(11(16)17)8(13)10(14)15;/h2-5,8-9,13H,1H3,(H,14,15)(H,16,17);1H2. The van der Waals surface area contributed by atoms with E-state index < -0.39 is 30.1 Å². The average Bonchev–Trinajstić information content (AvgIpc) is 2.35. The number of carbonyl (C=O) groups is 3. The Bertz CT molecular complexity index is 493. The monoisotopic (exact) mass is 286 g/mol. The van der Waals surface area contributed by atoms with Crippen LogP contribution in [-0.4, -0.2) is 50.9 Å². The first-order chi connectivity index (χ1) is 8.82. The van der Waals surface area contributed by atoms with E-state index in [1.165, 1.54) is 12.1 Å². The maximum absolute atomic E-state index is 11.6. The number of aliphatic carboxylic acids is 2. The first kappa shape index (κ1) is 17.6. The van der Waals surface area contributed by atoms with E-state index in [-0.39, 0.29) is 11.0 Å². The molecular weight excluding hydrogens is 272 g/mol. The van der Waals surface area contributed by atoms with Crippen LogP contribution in [0.5, 0.6) is 0 Å². The van der Waals surface area contributed by atoms with E-state index in [1.54, 1.807) is 19.1 Å². The summed E-state index contributed by atoms with van der Waals surface area (Å²) < 4.78 is 4.49. The number of aliphatic hydroxyl groups excluding tert-OH is 1. The van der Waals surface area contributed by atoms with Gasteiger partial charge in [-0.15, -0.1) is 0 Å². The van der Waals surface area contributed by atoms with Gasteiger partial charge in [-0.2, -0.15) is 0 Å². The highest BCUT2D eigenvalue weighted by molar-refractivity contribution is 5.92. The van der Waals surface area contributed by atoms with Crippen LogP contribution in [0.3, 0.4) is 0 Å². The van der Waals surface area contributed by atoms with Gasteiger partial charge in [0.1, 0.15) is 0 Å². The second-order valence-electron chi connectivity index (χ2n) is 3.81. The van der Waals surface area contributed by atoms with Crippen molar-refractivity contribution in [1.29, 1.82) is 0 Å². The molecule has 0 saturated heterocycles. The fourth-order valence-electron chi connectivity index (χ4n) is 1.25. The molecule has 0 aromatic heterocycles. The Kier molecular flexibility index (Phi) is 6.33. The molecular formula is C12H14O8. The third kappa shape index (κ3) is 4.34. The summed E-state index contributed by atoms with van der Waals surface area (Å²) in [6, 6.07) is 6.04. The maximum atomic E-state index is 11.6. The molecule has 8 nitrogen and oxygen atoms in total. The van der Waals surface area contributed by atoms with Gasteiger partial charge in [-0.1, -0.05) is 17.7 Å². The van der Waals surface area contributed by atoms with Gasteiger partial charge < -0.3 is 25.5 Å². The molecule has 1 rings (SSSR count). The van der Waals surface area contributed by atoms with Crippen molar-refractivity contribution in [1.82, 2.24) is 0 Å². The second kappa shape index (κ2) is 7.22. The van der Waals surface area contributed by atoms with Crippen molar-refractivity contribution in [3.05, 3.63) is 35.4 Å². The van der Waals surface area contributed by atoms with Gasteiger partial charge in [0.15, 0.2) is 6.10 Å². The number of rotatable bonds is 5. The van der Waals surface area contributed by atoms with E-state index in [9.17, 15) is 14.4 Å². The molecule has 2 unspecified atom stereocenters. The lowest BCUT2D eigenvalue weighted by atomic mass is 10.1. The Hall–Kier alpha value is -2.45. The van der Waals surface area contributed by atoms with Crippen molar-refractivity contribution in [3.63, 3.8) is 0 Å². The van der Waals surface area contributed by atoms with Crippen molar-refractivity contribution in [2.45, 2.75) is 19.1 Å². The van der Waals surface area contributed by atoms with Crippen LogP contribution in [0, 0.1) is 6.92 Å². The number of hydrogen-bond donors (Lipinski definition) is 3. The molecule has 2 atom stereocenters. The number of hydrogen-bond acceptors (Lipinski definition) is 5. The van der Waals surface area contributed by atoms with Crippen LogP contribution >= 0.6 is 0 Å². The number of carboxylic acid groups (broad SMARTS) is 2. The third-order valence-electron chi connectivity index (χ3n) is 2.30. The molecule has 1 aromatic rings. The summed E-state index contributed by atoms with van der Waals surface area (Å²) in [5.41, 5.74) is 0.950. The molecule has 5 N–H and O–H groups in total. The van der Waals surface area contributed by atoms with Crippen molar-refractivity contribution in [3.8, 4) is 0 Å². The molecule has 0 fully saturated rings. The minimum Gasteiger partial charge on any atom is -0.479 e. The first-order valence-corrected chi connectivity index (χ1v) is 5.24. The molecule has 0 radical (unpaired) electrons. The smallest absolute Gasteiger partial charge is 0.348 e. The Balaban J connectivity index is 0.00000361.